The van der Waals surface area contributed by atoms with Crippen molar-refractivity contribution in [1.82, 2.24) is 15.1 Å². The first-order valence-corrected chi connectivity index (χ1v) is 11.0. The molecule has 0 atom stereocenters. The smallest absolute Gasteiger partial charge is 0.253 e. The van der Waals surface area contributed by atoms with Crippen molar-refractivity contribution < 1.29 is 4.79 Å². The predicted molar refractivity (Wildman–Crippen MR) is 129 cm³/mol. The Morgan fingerprint density at radius 1 is 0.781 bits per heavy atom. The van der Waals surface area contributed by atoms with Crippen LogP contribution in [0.4, 0.5) is 5.82 Å². The SMILES string of the molecule is Cc1ccc(C(=O)N2CCN(c3ccc(-c4cccc5ccccc45)nn3)CC2)cc1C. The van der Waals surface area contributed by atoms with E-state index in [2.05, 4.69) is 52.4 Å². The van der Waals surface area contributed by atoms with E-state index in [-0.39, 0.29) is 5.91 Å². The summed E-state index contributed by atoms with van der Waals surface area (Å²) in [6, 6.07) is 24.6. The van der Waals surface area contributed by atoms with Crippen LogP contribution in [-0.2, 0) is 0 Å². The molecule has 1 amide bonds. The van der Waals surface area contributed by atoms with E-state index in [1.165, 1.54) is 16.3 Å². The molecule has 32 heavy (non-hydrogen) atoms. The number of anilines is 1. The van der Waals surface area contributed by atoms with Gasteiger partial charge in [-0.2, -0.15) is 0 Å². The van der Waals surface area contributed by atoms with E-state index in [1.807, 2.05) is 54.3 Å². The zero-order valence-corrected chi connectivity index (χ0v) is 18.5. The average Bonchev–Trinajstić information content (AvgIpc) is 2.85. The van der Waals surface area contributed by atoms with Crippen molar-refractivity contribution in [1.29, 1.82) is 0 Å². The van der Waals surface area contributed by atoms with Gasteiger partial charge in [0.2, 0.25) is 0 Å². The van der Waals surface area contributed by atoms with E-state index >= 15 is 0 Å². The van der Waals surface area contributed by atoms with Gasteiger partial charge in [-0.25, -0.2) is 0 Å². The van der Waals surface area contributed by atoms with Crippen molar-refractivity contribution in [2.24, 2.45) is 0 Å². The summed E-state index contributed by atoms with van der Waals surface area (Å²) < 4.78 is 0. The number of hydrogen-bond donors (Lipinski definition) is 0. The summed E-state index contributed by atoms with van der Waals surface area (Å²) >= 11 is 0. The largest absolute Gasteiger partial charge is 0.352 e. The molecule has 5 nitrogen and oxygen atoms in total. The van der Waals surface area contributed by atoms with Gasteiger partial charge in [0, 0.05) is 37.3 Å². The third-order valence-corrected chi connectivity index (χ3v) is 6.36. The summed E-state index contributed by atoms with van der Waals surface area (Å²) in [7, 11) is 0. The van der Waals surface area contributed by atoms with Crippen LogP contribution in [0.25, 0.3) is 22.0 Å². The fraction of sp³-hybridized carbons (Fsp3) is 0.222. The number of nitrogens with zero attached hydrogens (tertiary/aromatic N) is 4. The van der Waals surface area contributed by atoms with Gasteiger partial charge in [-0.05, 0) is 60.0 Å². The first-order chi connectivity index (χ1) is 15.6. The van der Waals surface area contributed by atoms with Crippen LogP contribution in [0.2, 0.25) is 0 Å². The third kappa shape index (κ3) is 3.82. The number of piperazine rings is 1. The van der Waals surface area contributed by atoms with Crippen LogP contribution in [0.5, 0.6) is 0 Å². The second-order valence-electron chi connectivity index (χ2n) is 8.38. The molecule has 0 saturated carbocycles. The standard InChI is InChI=1S/C27H26N4O/c1-19-10-11-22(18-20(19)2)27(32)31-16-14-30(15-17-31)26-13-12-25(28-29-26)24-9-5-7-21-6-3-4-8-23(21)24/h3-13,18H,14-17H2,1-2H3. The van der Waals surface area contributed by atoms with Crippen molar-refractivity contribution in [2.75, 3.05) is 31.1 Å². The molecule has 1 aromatic heterocycles. The van der Waals surface area contributed by atoms with Crippen LogP contribution >= 0.6 is 0 Å². The monoisotopic (exact) mass is 422 g/mol. The maximum atomic E-state index is 12.9. The van der Waals surface area contributed by atoms with Gasteiger partial charge in [-0.3, -0.25) is 4.79 Å². The molecule has 5 heteroatoms. The normalized spacial score (nSPS) is 14.1. The lowest BCUT2D eigenvalue weighted by Gasteiger charge is -2.35. The van der Waals surface area contributed by atoms with Crippen LogP contribution in [0.3, 0.4) is 0 Å². The lowest BCUT2D eigenvalue weighted by atomic mass is 10.0. The molecule has 0 unspecified atom stereocenters. The van der Waals surface area contributed by atoms with Gasteiger partial charge in [0.05, 0.1) is 5.69 Å². The van der Waals surface area contributed by atoms with Gasteiger partial charge >= 0.3 is 0 Å². The van der Waals surface area contributed by atoms with Crippen LogP contribution in [0.15, 0.2) is 72.8 Å². The highest BCUT2D eigenvalue weighted by atomic mass is 16.2. The van der Waals surface area contributed by atoms with Crippen molar-refractivity contribution in [3.05, 3.63) is 89.5 Å². The molecular formula is C27H26N4O. The van der Waals surface area contributed by atoms with Gasteiger partial charge in [0.25, 0.3) is 5.91 Å². The van der Waals surface area contributed by atoms with Crippen molar-refractivity contribution >= 4 is 22.5 Å². The molecule has 2 heterocycles. The maximum Gasteiger partial charge on any atom is 0.253 e. The summed E-state index contributed by atoms with van der Waals surface area (Å²) in [6.07, 6.45) is 0. The minimum absolute atomic E-state index is 0.102. The number of aromatic nitrogens is 2. The van der Waals surface area contributed by atoms with Crippen LogP contribution in [-0.4, -0.2) is 47.2 Å². The molecule has 160 valence electrons. The third-order valence-electron chi connectivity index (χ3n) is 6.36. The highest BCUT2D eigenvalue weighted by molar-refractivity contribution is 5.96. The van der Waals surface area contributed by atoms with Crippen molar-refractivity contribution in [2.45, 2.75) is 13.8 Å². The summed E-state index contributed by atoms with van der Waals surface area (Å²) in [4.78, 5) is 17.0. The van der Waals surface area contributed by atoms with Crippen LogP contribution in [0, 0.1) is 13.8 Å². The molecule has 1 fully saturated rings. The molecule has 1 aliphatic heterocycles. The second-order valence-corrected chi connectivity index (χ2v) is 8.38. The van der Waals surface area contributed by atoms with Gasteiger partial charge in [-0.15, -0.1) is 10.2 Å². The maximum absolute atomic E-state index is 12.9. The topological polar surface area (TPSA) is 49.3 Å². The Morgan fingerprint density at radius 3 is 2.31 bits per heavy atom. The molecule has 1 aliphatic rings. The van der Waals surface area contributed by atoms with E-state index in [0.717, 1.165) is 41.3 Å². The van der Waals surface area contributed by atoms with Gasteiger partial charge in [0.15, 0.2) is 5.82 Å². The first kappa shape index (κ1) is 20.2. The lowest BCUT2D eigenvalue weighted by Crippen LogP contribution is -2.49. The number of aryl methyl sites for hydroxylation is 2. The van der Waals surface area contributed by atoms with Gasteiger partial charge < -0.3 is 9.80 Å². The van der Waals surface area contributed by atoms with Gasteiger partial charge in [0.1, 0.15) is 0 Å². The summed E-state index contributed by atoms with van der Waals surface area (Å²) in [5, 5.41) is 11.4. The Hall–Kier alpha value is -3.73. The predicted octanol–water partition coefficient (Wildman–Crippen LogP) is 4.88. The zero-order chi connectivity index (χ0) is 22.1. The molecular weight excluding hydrogens is 396 g/mol. The number of hydrogen-bond acceptors (Lipinski definition) is 4. The fourth-order valence-corrected chi connectivity index (χ4v) is 4.28. The Bertz CT molecular complexity index is 1270. The summed E-state index contributed by atoms with van der Waals surface area (Å²) in [5.74, 6) is 0.956. The quantitative estimate of drug-likeness (QED) is 0.472. The molecule has 3 aromatic carbocycles. The number of fused-ring (bicyclic) bond motifs is 1. The molecule has 5 rings (SSSR count). The molecule has 0 N–H and O–H groups in total. The fourth-order valence-electron chi connectivity index (χ4n) is 4.28. The molecule has 0 aliphatic carbocycles. The lowest BCUT2D eigenvalue weighted by molar-refractivity contribution is 0.0746. The van der Waals surface area contributed by atoms with E-state index in [4.69, 9.17) is 0 Å². The Labute approximate surface area is 188 Å². The number of amides is 1. The summed E-state index contributed by atoms with van der Waals surface area (Å²) in [6.45, 7) is 6.97. The molecule has 1 saturated heterocycles. The number of rotatable bonds is 3. The average molecular weight is 423 g/mol. The van der Waals surface area contributed by atoms with Crippen molar-refractivity contribution in [3.8, 4) is 11.3 Å². The van der Waals surface area contributed by atoms with Crippen LogP contribution in [0.1, 0.15) is 21.5 Å². The van der Waals surface area contributed by atoms with E-state index in [9.17, 15) is 4.79 Å². The Balaban J connectivity index is 1.28. The number of carbonyl (C=O) groups excluding carboxylic acids is 1. The molecule has 0 bridgehead atoms. The first-order valence-electron chi connectivity index (χ1n) is 11.0. The number of benzene rings is 3. The molecule has 4 aromatic rings. The Morgan fingerprint density at radius 2 is 1.56 bits per heavy atom. The highest BCUT2D eigenvalue weighted by Gasteiger charge is 2.23. The zero-order valence-electron chi connectivity index (χ0n) is 18.5. The molecule has 0 spiro atoms. The van der Waals surface area contributed by atoms with Crippen LogP contribution < -0.4 is 4.90 Å². The van der Waals surface area contributed by atoms with Crippen molar-refractivity contribution in [3.63, 3.8) is 0 Å². The number of carbonyl (C=O) groups is 1. The van der Waals surface area contributed by atoms with E-state index in [1.54, 1.807) is 0 Å². The Kier molecular flexibility index (Phi) is 5.31. The minimum atomic E-state index is 0.102. The van der Waals surface area contributed by atoms with Gasteiger partial charge in [-0.1, -0.05) is 48.5 Å². The highest BCUT2D eigenvalue weighted by Crippen LogP contribution is 2.27. The van der Waals surface area contributed by atoms with E-state index < -0.39 is 0 Å². The minimum Gasteiger partial charge on any atom is -0.352 e. The second kappa shape index (κ2) is 8.42. The van der Waals surface area contributed by atoms with E-state index in [0.29, 0.717) is 13.1 Å². The summed E-state index contributed by atoms with van der Waals surface area (Å²) in [5.41, 5.74) is 5.08. The molecule has 0 radical (unpaired) electrons.